The molecule has 27 heavy (non-hydrogen) atoms. The van der Waals surface area contributed by atoms with Crippen molar-refractivity contribution in [2.75, 3.05) is 25.3 Å². The lowest BCUT2D eigenvalue weighted by atomic mass is 10.1. The van der Waals surface area contributed by atoms with E-state index in [1.165, 1.54) is 11.8 Å². The van der Waals surface area contributed by atoms with Crippen LogP contribution >= 0.6 is 11.8 Å². The minimum absolute atomic E-state index is 0.166. The first-order chi connectivity index (χ1) is 12.9. The maximum Gasteiger partial charge on any atom is 0.306 e. The molecule has 0 spiro atoms. The number of amides is 1. The number of carbonyl (C=O) groups is 2. The van der Waals surface area contributed by atoms with Crippen molar-refractivity contribution in [1.82, 2.24) is 9.97 Å². The molecular weight excluding hydrogens is 366 g/mol. The molecular formula is C19H23N3O4S. The molecule has 2 aromatic rings. The van der Waals surface area contributed by atoms with Gasteiger partial charge in [-0.05, 0) is 56.4 Å². The summed E-state index contributed by atoms with van der Waals surface area (Å²) < 4.78 is 10.1. The molecule has 0 atom stereocenters. The van der Waals surface area contributed by atoms with Gasteiger partial charge in [0.25, 0.3) is 5.91 Å². The third-order valence-corrected chi connectivity index (χ3v) is 4.45. The molecule has 0 saturated carbocycles. The Bertz CT molecular complexity index is 786. The zero-order valence-electron chi connectivity index (χ0n) is 15.9. The van der Waals surface area contributed by atoms with E-state index in [4.69, 9.17) is 9.47 Å². The average Bonchev–Trinajstić information content (AvgIpc) is 2.66. The Hall–Kier alpha value is -2.61. The summed E-state index contributed by atoms with van der Waals surface area (Å²) in [6.45, 7) is 3.47. The van der Waals surface area contributed by atoms with Gasteiger partial charge in [0.15, 0.2) is 11.8 Å². The topological polar surface area (TPSA) is 90.4 Å². The van der Waals surface area contributed by atoms with Gasteiger partial charge in [-0.2, -0.15) is 0 Å². The monoisotopic (exact) mass is 389 g/mol. The Kier molecular flexibility index (Phi) is 7.60. The van der Waals surface area contributed by atoms with E-state index >= 15 is 0 Å². The zero-order chi connectivity index (χ0) is 19.8. The van der Waals surface area contributed by atoms with Crippen LogP contribution in [0.2, 0.25) is 0 Å². The van der Waals surface area contributed by atoms with Gasteiger partial charge in [0.05, 0.1) is 7.11 Å². The molecule has 1 aromatic carbocycles. The fraction of sp³-hybridized carbons (Fsp3) is 0.368. The van der Waals surface area contributed by atoms with E-state index in [-0.39, 0.29) is 13.0 Å². The van der Waals surface area contributed by atoms with Gasteiger partial charge in [-0.1, -0.05) is 11.8 Å². The normalized spacial score (nSPS) is 10.4. The van der Waals surface area contributed by atoms with E-state index in [9.17, 15) is 9.59 Å². The van der Waals surface area contributed by atoms with E-state index in [1.807, 2.05) is 20.1 Å². The molecule has 0 fully saturated rings. The number of hydrogen-bond acceptors (Lipinski definition) is 7. The van der Waals surface area contributed by atoms with Crippen LogP contribution in [0.1, 0.15) is 23.4 Å². The Morgan fingerprint density at radius 3 is 2.30 bits per heavy atom. The molecule has 0 saturated heterocycles. The van der Waals surface area contributed by atoms with Crippen LogP contribution in [0.25, 0.3) is 0 Å². The number of nitrogens with one attached hydrogen (secondary N) is 1. The molecule has 144 valence electrons. The Labute approximate surface area is 162 Å². The number of benzene rings is 1. The molecule has 0 radical (unpaired) electrons. The molecule has 0 unspecified atom stereocenters. The van der Waals surface area contributed by atoms with Crippen molar-refractivity contribution in [3.05, 3.63) is 41.2 Å². The summed E-state index contributed by atoms with van der Waals surface area (Å²) in [5, 5.41) is 3.37. The van der Waals surface area contributed by atoms with E-state index in [0.29, 0.717) is 23.0 Å². The molecule has 8 heteroatoms. The highest BCUT2D eigenvalue weighted by Gasteiger charge is 2.12. The van der Waals surface area contributed by atoms with E-state index in [0.717, 1.165) is 17.0 Å². The molecule has 0 aliphatic heterocycles. The van der Waals surface area contributed by atoms with Crippen molar-refractivity contribution in [2.24, 2.45) is 0 Å². The van der Waals surface area contributed by atoms with Crippen LogP contribution in [0, 0.1) is 13.8 Å². The molecule has 1 aromatic heterocycles. The molecule has 1 heterocycles. The first-order valence-electron chi connectivity index (χ1n) is 8.40. The van der Waals surface area contributed by atoms with Crippen LogP contribution in [-0.2, 0) is 20.7 Å². The smallest absolute Gasteiger partial charge is 0.306 e. The number of nitrogens with zero attached hydrogens (tertiary/aromatic N) is 2. The largest absolute Gasteiger partial charge is 0.497 e. The van der Waals surface area contributed by atoms with Gasteiger partial charge in [0, 0.05) is 23.5 Å². The number of aromatic nitrogens is 2. The van der Waals surface area contributed by atoms with Gasteiger partial charge in [0.2, 0.25) is 0 Å². The zero-order valence-corrected chi connectivity index (χ0v) is 16.7. The van der Waals surface area contributed by atoms with Crippen LogP contribution < -0.4 is 10.1 Å². The SMILES string of the molecule is COc1ccc(NC(=O)COC(=O)CCc2c(C)nc(SC)nc2C)cc1. The van der Waals surface area contributed by atoms with Gasteiger partial charge in [0.1, 0.15) is 5.75 Å². The fourth-order valence-corrected chi connectivity index (χ4v) is 2.93. The van der Waals surface area contributed by atoms with Crippen molar-refractivity contribution >= 4 is 29.3 Å². The highest BCUT2D eigenvalue weighted by atomic mass is 32.2. The van der Waals surface area contributed by atoms with Crippen LogP contribution in [-0.4, -0.2) is 41.8 Å². The van der Waals surface area contributed by atoms with E-state index in [1.54, 1.807) is 31.4 Å². The fourth-order valence-electron chi connectivity index (χ4n) is 2.48. The van der Waals surface area contributed by atoms with Crippen molar-refractivity contribution < 1.29 is 19.1 Å². The minimum Gasteiger partial charge on any atom is -0.497 e. The number of esters is 1. The highest BCUT2D eigenvalue weighted by molar-refractivity contribution is 7.98. The summed E-state index contributed by atoms with van der Waals surface area (Å²) in [6, 6.07) is 6.89. The number of carbonyl (C=O) groups excluding carboxylic acids is 2. The van der Waals surface area contributed by atoms with Crippen molar-refractivity contribution in [3.63, 3.8) is 0 Å². The summed E-state index contributed by atoms with van der Waals surface area (Å²) in [6.07, 6.45) is 2.56. The number of rotatable bonds is 8. The molecule has 7 nitrogen and oxygen atoms in total. The molecule has 0 aliphatic rings. The summed E-state index contributed by atoms with van der Waals surface area (Å²) in [4.78, 5) is 32.6. The second-order valence-corrected chi connectivity index (χ2v) is 6.57. The van der Waals surface area contributed by atoms with Crippen LogP contribution in [0.4, 0.5) is 5.69 Å². The first-order valence-corrected chi connectivity index (χ1v) is 9.63. The number of methoxy groups -OCH3 is 1. The van der Waals surface area contributed by atoms with Crippen molar-refractivity contribution in [2.45, 2.75) is 31.8 Å². The first kappa shape index (κ1) is 20.7. The predicted molar refractivity (Wildman–Crippen MR) is 104 cm³/mol. The lowest BCUT2D eigenvalue weighted by molar-refractivity contribution is -0.147. The number of anilines is 1. The van der Waals surface area contributed by atoms with Gasteiger partial charge < -0.3 is 14.8 Å². The second-order valence-electron chi connectivity index (χ2n) is 5.80. The third-order valence-electron chi connectivity index (χ3n) is 3.90. The van der Waals surface area contributed by atoms with Gasteiger partial charge in [-0.25, -0.2) is 9.97 Å². The van der Waals surface area contributed by atoms with Gasteiger partial charge in [-0.3, -0.25) is 9.59 Å². The summed E-state index contributed by atoms with van der Waals surface area (Å²) in [7, 11) is 1.57. The van der Waals surface area contributed by atoms with Crippen molar-refractivity contribution in [1.29, 1.82) is 0 Å². The maximum absolute atomic E-state index is 11.9. The quantitative estimate of drug-likeness (QED) is 0.422. The van der Waals surface area contributed by atoms with Gasteiger partial charge in [-0.15, -0.1) is 0 Å². The van der Waals surface area contributed by atoms with Gasteiger partial charge >= 0.3 is 5.97 Å². The highest BCUT2D eigenvalue weighted by Crippen LogP contribution is 2.17. The van der Waals surface area contributed by atoms with E-state index < -0.39 is 11.9 Å². The number of hydrogen-bond donors (Lipinski definition) is 1. The molecule has 1 N–H and O–H groups in total. The minimum atomic E-state index is -0.437. The number of aryl methyl sites for hydroxylation is 2. The Morgan fingerprint density at radius 2 is 1.74 bits per heavy atom. The van der Waals surface area contributed by atoms with Crippen LogP contribution in [0.3, 0.4) is 0 Å². The van der Waals surface area contributed by atoms with E-state index in [2.05, 4.69) is 15.3 Å². The van der Waals surface area contributed by atoms with Crippen LogP contribution in [0.5, 0.6) is 5.75 Å². The number of ether oxygens (including phenoxy) is 2. The summed E-state index contributed by atoms with van der Waals surface area (Å²) in [5.41, 5.74) is 3.26. The van der Waals surface area contributed by atoms with Crippen molar-refractivity contribution in [3.8, 4) is 5.75 Å². The standard InChI is InChI=1S/C19H23N3O4S/c1-12-16(13(2)21-19(20-12)27-4)9-10-18(24)26-11-17(23)22-14-5-7-15(25-3)8-6-14/h5-8H,9-11H2,1-4H3,(H,22,23). The molecule has 1 amide bonds. The van der Waals surface area contributed by atoms with Crippen LogP contribution in [0.15, 0.2) is 29.4 Å². The molecule has 2 rings (SSSR count). The summed E-state index contributed by atoms with van der Waals surface area (Å²) in [5.74, 6) is -0.138. The average molecular weight is 389 g/mol. The number of thioether (sulfide) groups is 1. The molecule has 0 bridgehead atoms. The second kappa shape index (κ2) is 9.91. The Morgan fingerprint density at radius 1 is 1.11 bits per heavy atom. The lowest BCUT2D eigenvalue weighted by Crippen LogP contribution is -2.21. The third kappa shape index (κ3) is 6.25. The molecule has 0 aliphatic carbocycles. The summed E-state index contributed by atoms with van der Waals surface area (Å²) >= 11 is 1.48. The lowest BCUT2D eigenvalue weighted by Gasteiger charge is -2.10. The predicted octanol–water partition coefficient (Wildman–Crippen LogP) is 2.94. The Balaban J connectivity index is 1.79. The maximum atomic E-state index is 11.9.